The van der Waals surface area contributed by atoms with Gasteiger partial charge < -0.3 is 9.47 Å². The first-order valence-corrected chi connectivity index (χ1v) is 14.6. The third kappa shape index (κ3) is 6.57. The maximum Gasteiger partial charge on any atom is 0.414 e. The summed E-state index contributed by atoms with van der Waals surface area (Å²) >= 11 is 7.04. The molecule has 0 spiro atoms. The Bertz CT molecular complexity index is 1370. The van der Waals surface area contributed by atoms with Crippen LogP contribution >= 0.6 is 31.9 Å². The first-order valence-electron chi connectivity index (χ1n) is 13.0. The number of fused-ring (bicyclic) bond motifs is 2. The van der Waals surface area contributed by atoms with Crippen LogP contribution < -0.4 is 9.80 Å². The molecule has 0 unspecified atom stereocenters. The van der Waals surface area contributed by atoms with Crippen LogP contribution in [0, 0.1) is 0 Å². The lowest BCUT2D eigenvalue weighted by atomic mass is 10.2. The molecule has 0 atom stereocenters. The molecule has 40 heavy (non-hydrogen) atoms. The van der Waals surface area contributed by atoms with Crippen LogP contribution in [0.3, 0.4) is 0 Å². The molecule has 0 bridgehead atoms. The number of halogens is 2. The molecule has 2 aliphatic rings. The molecule has 4 aromatic rings. The van der Waals surface area contributed by atoms with Crippen molar-refractivity contribution in [2.45, 2.75) is 26.1 Å². The highest BCUT2D eigenvalue weighted by Gasteiger charge is 2.28. The summed E-state index contributed by atoms with van der Waals surface area (Å²) in [6.45, 7) is 1.95. The van der Waals surface area contributed by atoms with Gasteiger partial charge in [-0.3, -0.25) is 9.80 Å². The fraction of sp³-hybridized carbons (Fsp3) is 0.188. The van der Waals surface area contributed by atoms with Crippen molar-refractivity contribution in [1.29, 1.82) is 0 Å². The Hall–Kier alpha value is -3.62. The molecule has 0 radical (unpaired) electrons. The lowest BCUT2D eigenvalue weighted by Gasteiger charge is -2.17. The molecule has 0 fully saturated rings. The molecule has 2 aliphatic heterocycles. The van der Waals surface area contributed by atoms with E-state index in [4.69, 9.17) is 9.47 Å². The van der Waals surface area contributed by atoms with Gasteiger partial charge in [0.2, 0.25) is 0 Å². The number of amides is 2. The van der Waals surface area contributed by atoms with E-state index in [0.29, 0.717) is 26.3 Å². The predicted octanol–water partition coefficient (Wildman–Crippen LogP) is 8.30. The fourth-order valence-corrected chi connectivity index (χ4v) is 5.87. The van der Waals surface area contributed by atoms with Gasteiger partial charge in [0.15, 0.2) is 0 Å². The van der Waals surface area contributed by atoms with Crippen LogP contribution in [-0.2, 0) is 35.5 Å². The van der Waals surface area contributed by atoms with Gasteiger partial charge in [0.25, 0.3) is 0 Å². The Morgan fingerprint density at radius 3 is 1.38 bits per heavy atom. The number of benzene rings is 4. The number of hydrogen-bond acceptors (Lipinski definition) is 4. The van der Waals surface area contributed by atoms with Crippen molar-refractivity contribution in [2.24, 2.45) is 0 Å². The summed E-state index contributed by atoms with van der Waals surface area (Å²) in [5.41, 5.74) is 6.22. The molecule has 2 heterocycles. The Balaban J connectivity index is 0.000000161. The first kappa shape index (κ1) is 27.9. The number of ether oxygens (including phenoxy) is 2. The molecule has 6 nitrogen and oxygen atoms in total. The minimum atomic E-state index is -0.286. The van der Waals surface area contributed by atoms with Gasteiger partial charge in [0.05, 0.1) is 11.4 Å². The van der Waals surface area contributed by atoms with E-state index >= 15 is 0 Å². The van der Waals surface area contributed by atoms with Crippen LogP contribution in [-0.4, -0.2) is 25.3 Å². The third-order valence-electron chi connectivity index (χ3n) is 6.79. The maximum atomic E-state index is 12.2. The van der Waals surface area contributed by atoms with Gasteiger partial charge in [-0.15, -0.1) is 0 Å². The van der Waals surface area contributed by atoms with Gasteiger partial charge in [0, 0.05) is 22.0 Å². The predicted molar refractivity (Wildman–Crippen MR) is 164 cm³/mol. The topological polar surface area (TPSA) is 59.1 Å². The van der Waals surface area contributed by atoms with E-state index in [-0.39, 0.29) is 12.2 Å². The van der Waals surface area contributed by atoms with Crippen molar-refractivity contribution >= 4 is 55.4 Å². The summed E-state index contributed by atoms with van der Waals surface area (Å²) in [4.78, 5) is 27.8. The lowest BCUT2D eigenvalue weighted by molar-refractivity contribution is 0.147. The number of rotatable bonds is 4. The van der Waals surface area contributed by atoms with E-state index in [0.717, 1.165) is 44.3 Å². The lowest BCUT2D eigenvalue weighted by Crippen LogP contribution is -2.29. The van der Waals surface area contributed by atoms with Gasteiger partial charge in [-0.05, 0) is 59.4 Å². The standard InChI is InChI=1S/2C16H14BrNO2/c2*17-14-7-4-8-15-13(14)9-10-18(15)16(19)20-11-12-5-2-1-3-6-12/h2*1-8H,9-11H2. The largest absolute Gasteiger partial charge is 0.444 e. The molecular formula is C32H28Br2N2O4. The van der Waals surface area contributed by atoms with E-state index in [9.17, 15) is 9.59 Å². The highest BCUT2D eigenvalue weighted by Crippen LogP contribution is 2.35. The monoisotopic (exact) mass is 662 g/mol. The van der Waals surface area contributed by atoms with Gasteiger partial charge in [-0.1, -0.05) is 105 Å². The average Bonchev–Trinajstić information content (AvgIpc) is 3.63. The Kier molecular flexibility index (Phi) is 9.19. The number of anilines is 2. The Morgan fingerprint density at radius 1 is 0.575 bits per heavy atom. The smallest absolute Gasteiger partial charge is 0.414 e. The van der Waals surface area contributed by atoms with E-state index in [1.165, 1.54) is 11.1 Å². The number of hydrogen-bond donors (Lipinski definition) is 0. The molecule has 6 rings (SSSR count). The van der Waals surface area contributed by atoms with Crippen molar-refractivity contribution in [1.82, 2.24) is 0 Å². The van der Waals surface area contributed by atoms with Crippen LogP contribution in [0.4, 0.5) is 21.0 Å². The van der Waals surface area contributed by atoms with Gasteiger partial charge >= 0.3 is 12.2 Å². The van der Waals surface area contributed by atoms with Crippen molar-refractivity contribution in [2.75, 3.05) is 22.9 Å². The van der Waals surface area contributed by atoms with E-state index in [1.807, 2.05) is 97.1 Å². The second-order valence-corrected chi connectivity index (χ2v) is 11.1. The van der Waals surface area contributed by atoms with Crippen molar-refractivity contribution < 1.29 is 19.1 Å². The van der Waals surface area contributed by atoms with Crippen LogP contribution in [0.1, 0.15) is 22.3 Å². The van der Waals surface area contributed by atoms with Gasteiger partial charge in [-0.25, -0.2) is 9.59 Å². The first-order chi connectivity index (χ1) is 19.5. The molecule has 0 N–H and O–H groups in total. The molecule has 0 aliphatic carbocycles. The summed E-state index contributed by atoms with van der Waals surface area (Å²) in [6.07, 6.45) is 1.14. The average molecular weight is 664 g/mol. The van der Waals surface area contributed by atoms with Crippen LogP contribution in [0.15, 0.2) is 106 Å². The van der Waals surface area contributed by atoms with Crippen LogP contribution in [0.2, 0.25) is 0 Å². The molecule has 0 saturated heterocycles. The molecule has 0 aromatic heterocycles. The van der Waals surface area contributed by atoms with Gasteiger partial charge in [-0.2, -0.15) is 0 Å². The summed E-state index contributed by atoms with van der Waals surface area (Å²) in [6, 6.07) is 31.2. The quantitative estimate of drug-likeness (QED) is 0.220. The van der Waals surface area contributed by atoms with Crippen LogP contribution in [0.25, 0.3) is 0 Å². The van der Waals surface area contributed by atoms with Crippen LogP contribution in [0.5, 0.6) is 0 Å². The van der Waals surface area contributed by atoms with E-state index in [2.05, 4.69) is 31.9 Å². The van der Waals surface area contributed by atoms with E-state index in [1.54, 1.807) is 9.80 Å². The zero-order chi connectivity index (χ0) is 27.9. The second kappa shape index (κ2) is 13.2. The Morgan fingerprint density at radius 2 is 0.975 bits per heavy atom. The zero-order valence-corrected chi connectivity index (χ0v) is 24.9. The molecule has 4 aromatic carbocycles. The highest BCUT2D eigenvalue weighted by molar-refractivity contribution is 9.10. The van der Waals surface area contributed by atoms with E-state index < -0.39 is 0 Å². The number of carbonyl (C=O) groups excluding carboxylic acids is 2. The zero-order valence-electron chi connectivity index (χ0n) is 21.8. The maximum absolute atomic E-state index is 12.2. The molecular weight excluding hydrogens is 636 g/mol. The highest BCUT2D eigenvalue weighted by atomic mass is 79.9. The summed E-state index contributed by atoms with van der Waals surface area (Å²) in [5, 5.41) is 0. The number of carbonyl (C=O) groups is 2. The summed E-state index contributed by atoms with van der Waals surface area (Å²) < 4.78 is 12.9. The fourth-order valence-electron chi connectivity index (χ4n) is 4.76. The van der Waals surface area contributed by atoms with Crippen molar-refractivity contribution in [3.8, 4) is 0 Å². The van der Waals surface area contributed by atoms with Crippen molar-refractivity contribution in [3.05, 3.63) is 128 Å². The summed E-state index contributed by atoms with van der Waals surface area (Å²) in [5.74, 6) is 0. The summed E-state index contributed by atoms with van der Waals surface area (Å²) in [7, 11) is 0. The third-order valence-corrected chi connectivity index (χ3v) is 8.28. The SMILES string of the molecule is O=C(OCc1ccccc1)N1CCc2c(Br)cccc21.O=C(OCc1ccccc1)N1CCc2c(Br)cccc21. The minimum absolute atomic E-state index is 0.286. The normalized spacial score (nSPS) is 13.2. The molecule has 0 saturated carbocycles. The van der Waals surface area contributed by atoms with Gasteiger partial charge in [0.1, 0.15) is 13.2 Å². The molecule has 2 amide bonds. The van der Waals surface area contributed by atoms with Crippen molar-refractivity contribution in [3.63, 3.8) is 0 Å². The number of nitrogens with zero attached hydrogens (tertiary/aromatic N) is 2. The minimum Gasteiger partial charge on any atom is -0.444 e. The molecule has 8 heteroatoms. The Labute approximate surface area is 250 Å². The molecule has 204 valence electrons. The second-order valence-electron chi connectivity index (χ2n) is 9.36.